The van der Waals surface area contributed by atoms with Gasteiger partial charge in [0.05, 0.1) is 6.54 Å². The first-order valence-corrected chi connectivity index (χ1v) is 6.99. The average Bonchev–Trinajstić information content (AvgIpc) is 2.61. The monoisotopic (exact) mass is 309 g/mol. The molecule has 1 rings (SSSR count). The van der Waals surface area contributed by atoms with E-state index in [1.807, 2.05) is 11.4 Å². The maximum Gasteiger partial charge on any atom is 0.220 e. The Hall–Kier alpha value is -0.0600. The topological polar surface area (TPSA) is 29.1 Å². The average molecular weight is 311 g/mol. The molecule has 5 heteroatoms. The third-order valence-corrected chi connectivity index (χ3v) is 4.12. The minimum Gasteiger partial charge on any atom is -0.351 e. The summed E-state index contributed by atoms with van der Waals surface area (Å²) in [5.41, 5.74) is 0. The highest BCUT2D eigenvalue weighted by atomic mass is 79.9. The van der Waals surface area contributed by atoms with Gasteiger partial charge in [0.25, 0.3) is 0 Å². The molecule has 2 nitrogen and oxygen atoms in total. The minimum atomic E-state index is 0.0976. The van der Waals surface area contributed by atoms with Crippen LogP contribution in [0, 0.1) is 0 Å². The molecule has 0 aromatic carbocycles. The molecule has 0 saturated carbocycles. The van der Waals surface area contributed by atoms with Crippen LogP contribution in [0.1, 0.15) is 24.1 Å². The van der Waals surface area contributed by atoms with E-state index in [1.54, 1.807) is 11.3 Å². The van der Waals surface area contributed by atoms with Gasteiger partial charge < -0.3 is 5.32 Å². The van der Waals surface area contributed by atoms with Crippen molar-refractivity contribution in [2.24, 2.45) is 0 Å². The van der Waals surface area contributed by atoms with Crippen LogP contribution < -0.4 is 5.32 Å². The second-order valence-corrected chi connectivity index (χ2v) is 5.35. The number of halogens is 2. The number of rotatable bonds is 6. The number of nitrogens with one attached hydrogen (secondary N) is 1. The molecule has 1 aromatic heterocycles. The van der Waals surface area contributed by atoms with Crippen molar-refractivity contribution in [2.45, 2.75) is 25.8 Å². The Bertz CT molecular complexity index is 316. The Morgan fingerprint density at radius 2 is 2.33 bits per heavy atom. The Labute approximate surface area is 107 Å². The van der Waals surface area contributed by atoms with Gasteiger partial charge in [-0.2, -0.15) is 0 Å². The number of thiophene rings is 1. The fourth-order valence-electron chi connectivity index (χ4n) is 1.10. The SMILES string of the molecule is O=C(CCCCCl)NCc1sccc1Br. The zero-order valence-corrected chi connectivity index (χ0v) is 11.4. The molecule has 0 unspecified atom stereocenters. The van der Waals surface area contributed by atoms with Crippen LogP contribution >= 0.6 is 38.9 Å². The van der Waals surface area contributed by atoms with Gasteiger partial charge in [-0.25, -0.2) is 0 Å². The second-order valence-electron chi connectivity index (χ2n) is 3.11. The normalized spacial score (nSPS) is 10.3. The van der Waals surface area contributed by atoms with Crippen molar-refractivity contribution >= 4 is 44.8 Å². The lowest BCUT2D eigenvalue weighted by molar-refractivity contribution is -0.121. The van der Waals surface area contributed by atoms with Crippen LogP contribution in [0.25, 0.3) is 0 Å². The van der Waals surface area contributed by atoms with Gasteiger partial charge in [-0.05, 0) is 40.2 Å². The lowest BCUT2D eigenvalue weighted by Crippen LogP contribution is -2.21. The Morgan fingerprint density at radius 1 is 1.53 bits per heavy atom. The smallest absolute Gasteiger partial charge is 0.220 e. The highest BCUT2D eigenvalue weighted by molar-refractivity contribution is 9.10. The van der Waals surface area contributed by atoms with Crippen molar-refractivity contribution < 1.29 is 4.79 Å². The Morgan fingerprint density at radius 3 is 2.93 bits per heavy atom. The van der Waals surface area contributed by atoms with Crippen molar-refractivity contribution in [3.8, 4) is 0 Å². The Kier molecular flexibility index (Phi) is 6.29. The highest BCUT2D eigenvalue weighted by Gasteiger charge is 2.04. The molecule has 0 aliphatic heterocycles. The summed E-state index contributed by atoms with van der Waals surface area (Å²) in [6.07, 6.45) is 2.33. The number of unbranched alkanes of at least 4 members (excludes halogenated alkanes) is 1. The summed E-state index contributed by atoms with van der Waals surface area (Å²) in [4.78, 5) is 12.5. The van der Waals surface area contributed by atoms with E-state index in [9.17, 15) is 4.79 Å². The number of alkyl halides is 1. The van der Waals surface area contributed by atoms with E-state index in [4.69, 9.17) is 11.6 Å². The van der Waals surface area contributed by atoms with E-state index >= 15 is 0 Å². The first-order valence-electron chi connectivity index (χ1n) is 4.78. The first-order chi connectivity index (χ1) is 7.24. The molecular formula is C10H13BrClNOS. The molecule has 84 valence electrons. The van der Waals surface area contributed by atoms with Crippen molar-refractivity contribution in [3.05, 3.63) is 20.8 Å². The summed E-state index contributed by atoms with van der Waals surface area (Å²) >= 11 is 10.6. The van der Waals surface area contributed by atoms with E-state index in [2.05, 4.69) is 21.2 Å². The van der Waals surface area contributed by atoms with E-state index in [0.717, 1.165) is 22.2 Å². The van der Waals surface area contributed by atoms with Gasteiger partial charge in [0, 0.05) is 21.7 Å². The molecular weight excluding hydrogens is 298 g/mol. The van der Waals surface area contributed by atoms with Crippen LogP contribution in [-0.4, -0.2) is 11.8 Å². The summed E-state index contributed by atoms with van der Waals surface area (Å²) in [7, 11) is 0. The van der Waals surface area contributed by atoms with Gasteiger partial charge in [-0.3, -0.25) is 4.79 Å². The zero-order valence-electron chi connectivity index (χ0n) is 8.26. The predicted molar refractivity (Wildman–Crippen MR) is 68.4 cm³/mol. The van der Waals surface area contributed by atoms with E-state index in [-0.39, 0.29) is 5.91 Å². The lowest BCUT2D eigenvalue weighted by atomic mass is 10.2. The van der Waals surface area contributed by atoms with Gasteiger partial charge in [0.15, 0.2) is 0 Å². The van der Waals surface area contributed by atoms with Gasteiger partial charge in [0.1, 0.15) is 0 Å². The van der Waals surface area contributed by atoms with Crippen molar-refractivity contribution in [3.63, 3.8) is 0 Å². The fourth-order valence-corrected chi connectivity index (χ4v) is 2.72. The molecule has 1 heterocycles. The molecule has 1 N–H and O–H groups in total. The molecule has 0 bridgehead atoms. The summed E-state index contributed by atoms with van der Waals surface area (Å²) in [5, 5.41) is 4.88. The molecule has 1 amide bonds. The standard InChI is InChI=1S/C10H13BrClNOS/c11-8-4-6-15-9(8)7-13-10(14)3-1-2-5-12/h4,6H,1-3,5,7H2,(H,13,14). The van der Waals surface area contributed by atoms with Crippen LogP contribution in [0.5, 0.6) is 0 Å². The van der Waals surface area contributed by atoms with E-state index in [0.29, 0.717) is 18.8 Å². The minimum absolute atomic E-state index is 0.0976. The maximum atomic E-state index is 11.4. The highest BCUT2D eigenvalue weighted by Crippen LogP contribution is 2.22. The fraction of sp³-hybridized carbons (Fsp3) is 0.500. The quantitative estimate of drug-likeness (QED) is 0.632. The van der Waals surface area contributed by atoms with Crippen LogP contribution in [-0.2, 0) is 11.3 Å². The summed E-state index contributed by atoms with van der Waals surface area (Å²) in [6.45, 7) is 0.609. The number of hydrogen-bond acceptors (Lipinski definition) is 2. The Balaban J connectivity index is 2.20. The van der Waals surface area contributed by atoms with Crippen LogP contribution in [0.15, 0.2) is 15.9 Å². The van der Waals surface area contributed by atoms with E-state index < -0.39 is 0 Å². The third-order valence-electron chi connectivity index (χ3n) is 1.92. The van der Waals surface area contributed by atoms with Crippen molar-refractivity contribution in [2.75, 3.05) is 5.88 Å². The first kappa shape index (κ1) is 13.0. The van der Waals surface area contributed by atoms with Crippen molar-refractivity contribution in [1.29, 1.82) is 0 Å². The molecule has 0 fully saturated rings. The van der Waals surface area contributed by atoms with Crippen LogP contribution in [0.2, 0.25) is 0 Å². The molecule has 0 spiro atoms. The second kappa shape index (κ2) is 7.25. The molecule has 0 saturated heterocycles. The van der Waals surface area contributed by atoms with Crippen LogP contribution in [0.4, 0.5) is 0 Å². The molecule has 1 aromatic rings. The zero-order chi connectivity index (χ0) is 11.1. The lowest BCUT2D eigenvalue weighted by Gasteiger charge is -2.03. The van der Waals surface area contributed by atoms with Gasteiger partial charge in [-0.1, -0.05) is 0 Å². The number of carbonyl (C=O) groups is 1. The molecule has 0 radical (unpaired) electrons. The maximum absolute atomic E-state index is 11.4. The molecule has 15 heavy (non-hydrogen) atoms. The predicted octanol–water partition coefficient (Wildman–Crippen LogP) is 3.54. The summed E-state index contributed by atoms with van der Waals surface area (Å²) < 4.78 is 1.06. The van der Waals surface area contributed by atoms with Gasteiger partial charge in [-0.15, -0.1) is 22.9 Å². The number of carbonyl (C=O) groups excluding carboxylic acids is 1. The van der Waals surface area contributed by atoms with Gasteiger partial charge in [0.2, 0.25) is 5.91 Å². The molecule has 0 aliphatic rings. The number of hydrogen-bond donors (Lipinski definition) is 1. The molecule has 0 atom stereocenters. The van der Waals surface area contributed by atoms with Gasteiger partial charge >= 0.3 is 0 Å². The summed E-state index contributed by atoms with van der Waals surface area (Å²) in [6, 6.07) is 1.99. The van der Waals surface area contributed by atoms with Crippen LogP contribution in [0.3, 0.4) is 0 Å². The van der Waals surface area contributed by atoms with Crippen molar-refractivity contribution in [1.82, 2.24) is 5.32 Å². The molecule has 0 aliphatic carbocycles. The third kappa shape index (κ3) is 5.00. The largest absolute Gasteiger partial charge is 0.351 e. The summed E-state index contributed by atoms with van der Waals surface area (Å²) in [5.74, 6) is 0.726. The van der Waals surface area contributed by atoms with E-state index in [1.165, 1.54) is 0 Å². The number of amides is 1.